The van der Waals surface area contributed by atoms with Gasteiger partial charge >= 0.3 is 0 Å². The van der Waals surface area contributed by atoms with Crippen molar-refractivity contribution in [2.75, 3.05) is 24.5 Å². The van der Waals surface area contributed by atoms with E-state index in [2.05, 4.69) is 5.32 Å². The first-order valence-electron chi connectivity index (χ1n) is 13.1. The third-order valence-electron chi connectivity index (χ3n) is 6.48. The van der Waals surface area contributed by atoms with Crippen LogP contribution in [0.25, 0.3) is 0 Å². The molecule has 10 heteroatoms. The van der Waals surface area contributed by atoms with Gasteiger partial charge < -0.3 is 15.0 Å². The van der Waals surface area contributed by atoms with Gasteiger partial charge in [-0.25, -0.2) is 8.42 Å². The molecule has 0 saturated heterocycles. The van der Waals surface area contributed by atoms with E-state index in [1.807, 2.05) is 13.8 Å². The maximum Gasteiger partial charge on any atom is 0.264 e. The lowest BCUT2D eigenvalue weighted by atomic mass is 10.1. The van der Waals surface area contributed by atoms with Gasteiger partial charge in [-0.05, 0) is 62.2 Å². The second-order valence-corrected chi connectivity index (χ2v) is 11.8. The summed E-state index contributed by atoms with van der Waals surface area (Å²) in [6, 6.07) is 19.1. The summed E-state index contributed by atoms with van der Waals surface area (Å²) >= 11 is 6.19. The van der Waals surface area contributed by atoms with Crippen LogP contribution in [0, 0.1) is 6.92 Å². The van der Waals surface area contributed by atoms with Crippen molar-refractivity contribution < 1.29 is 22.7 Å². The summed E-state index contributed by atoms with van der Waals surface area (Å²) in [6.07, 6.45) is 1.71. The third kappa shape index (κ3) is 7.76. The second kappa shape index (κ2) is 14.2. The number of halogens is 1. The van der Waals surface area contributed by atoms with E-state index in [0.29, 0.717) is 17.1 Å². The lowest BCUT2D eigenvalue weighted by molar-refractivity contribution is -0.139. The van der Waals surface area contributed by atoms with E-state index < -0.39 is 28.5 Å². The van der Waals surface area contributed by atoms with Crippen LogP contribution in [0.15, 0.2) is 77.7 Å². The maximum atomic E-state index is 14.0. The van der Waals surface area contributed by atoms with E-state index in [4.69, 9.17) is 16.3 Å². The number of ether oxygens (including phenoxy) is 1. The summed E-state index contributed by atoms with van der Waals surface area (Å²) in [5.41, 5.74) is 1.82. The number of unbranched alkanes of at least 4 members (excludes halogenated alkanes) is 1. The minimum absolute atomic E-state index is 0.0311. The Morgan fingerprint density at radius 1 is 1.02 bits per heavy atom. The maximum absolute atomic E-state index is 14.0. The first-order chi connectivity index (χ1) is 19.1. The number of hydrogen-bond acceptors (Lipinski definition) is 5. The molecule has 0 bridgehead atoms. The molecule has 0 radical (unpaired) electrons. The molecule has 3 aromatic rings. The molecule has 0 spiro atoms. The highest BCUT2D eigenvalue weighted by Crippen LogP contribution is 2.32. The number of para-hydroxylation sites is 2. The fourth-order valence-corrected chi connectivity index (χ4v) is 5.77. The van der Waals surface area contributed by atoms with Gasteiger partial charge in [0.05, 0.1) is 17.7 Å². The van der Waals surface area contributed by atoms with E-state index in [9.17, 15) is 18.0 Å². The molecule has 8 nitrogen and oxygen atoms in total. The van der Waals surface area contributed by atoms with Gasteiger partial charge in [-0.1, -0.05) is 66.9 Å². The van der Waals surface area contributed by atoms with E-state index in [1.54, 1.807) is 67.6 Å². The van der Waals surface area contributed by atoms with Gasteiger partial charge in [0, 0.05) is 18.1 Å². The highest BCUT2D eigenvalue weighted by atomic mass is 35.5. The van der Waals surface area contributed by atoms with Crippen molar-refractivity contribution in [3.8, 4) is 5.75 Å². The molecule has 0 heterocycles. The molecule has 0 aliphatic carbocycles. The average molecular weight is 586 g/mol. The number of carbonyl (C=O) groups is 2. The smallest absolute Gasteiger partial charge is 0.264 e. The Kier molecular flexibility index (Phi) is 11.0. The van der Waals surface area contributed by atoms with Crippen molar-refractivity contribution in [2.24, 2.45) is 0 Å². The molecule has 0 saturated carbocycles. The molecule has 3 aromatic carbocycles. The monoisotopic (exact) mass is 585 g/mol. The van der Waals surface area contributed by atoms with Crippen LogP contribution in [0.2, 0.25) is 5.02 Å². The number of amides is 2. The van der Waals surface area contributed by atoms with E-state index in [1.165, 1.54) is 24.1 Å². The number of rotatable bonds is 13. The summed E-state index contributed by atoms with van der Waals surface area (Å²) in [4.78, 5) is 28.4. The summed E-state index contributed by atoms with van der Waals surface area (Å²) < 4.78 is 34.4. The molecule has 3 rings (SSSR count). The summed E-state index contributed by atoms with van der Waals surface area (Å²) in [6.45, 7) is 5.50. The number of carbonyl (C=O) groups excluding carboxylic acids is 2. The number of hydrogen-bond donors (Lipinski definition) is 1. The van der Waals surface area contributed by atoms with Gasteiger partial charge in [0.2, 0.25) is 11.8 Å². The minimum Gasteiger partial charge on any atom is -0.495 e. The van der Waals surface area contributed by atoms with Crippen LogP contribution in [0.4, 0.5) is 5.69 Å². The van der Waals surface area contributed by atoms with Crippen LogP contribution in [0.1, 0.15) is 37.8 Å². The zero-order valence-electron chi connectivity index (χ0n) is 23.3. The molecular weight excluding hydrogens is 550 g/mol. The highest BCUT2D eigenvalue weighted by Gasteiger charge is 2.33. The van der Waals surface area contributed by atoms with Crippen molar-refractivity contribution in [2.45, 2.75) is 51.1 Å². The number of benzene rings is 3. The molecule has 1 unspecified atom stereocenters. The van der Waals surface area contributed by atoms with Crippen LogP contribution < -0.4 is 14.4 Å². The van der Waals surface area contributed by atoms with Gasteiger partial charge in [0.15, 0.2) is 0 Å². The van der Waals surface area contributed by atoms with E-state index in [0.717, 1.165) is 22.7 Å². The van der Waals surface area contributed by atoms with Gasteiger partial charge in [0.25, 0.3) is 10.0 Å². The number of methoxy groups -OCH3 is 1. The fourth-order valence-electron chi connectivity index (χ4n) is 4.14. The van der Waals surface area contributed by atoms with Crippen molar-refractivity contribution in [3.63, 3.8) is 0 Å². The standard InChI is InChI=1S/C30H36ClN3O5S/c1-5-6-18-32-30(36)23(3)33(20-24-10-9-11-25(31)19-24)29(35)21-34(27-12-7-8-13-28(27)39-4)40(37,38)26-16-14-22(2)15-17-26/h7-17,19,23H,5-6,18,20-21H2,1-4H3,(H,32,36). The van der Waals surface area contributed by atoms with Gasteiger partial charge in [-0.3, -0.25) is 13.9 Å². The predicted octanol–water partition coefficient (Wildman–Crippen LogP) is 5.19. The van der Waals surface area contributed by atoms with Crippen molar-refractivity contribution in [1.29, 1.82) is 0 Å². The molecule has 1 atom stereocenters. The first-order valence-corrected chi connectivity index (χ1v) is 14.9. The molecular formula is C30H36ClN3O5S. The largest absolute Gasteiger partial charge is 0.495 e. The zero-order valence-corrected chi connectivity index (χ0v) is 24.8. The number of nitrogens with zero attached hydrogens (tertiary/aromatic N) is 2. The van der Waals surface area contributed by atoms with E-state index in [-0.39, 0.29) is 28.8 Å². The Bertz CT molecular complexity index is 1410. The SMILES string of the molecule is CCCCNC(=O)C(C)N(Cc1cccc(Cl)c1)C(=O)CN(c1ccccc1OC)S(=O)(=O)c1ccc(C)cc1. The van der Waals surface area contributed by atoms with Crippen molar-refractivity contribution >= 4 is 39.1 Å². The van der Waals surface area contributed by atoms with Gasteiger partial charge in [-0.2, -0.15) is 0 Å². The van der Waals surface area contributed by atoms with Crippen LogP contribution in [0.3, 0.4) is 0 Å². The Hall–Kier alpha value is -3.56. The lowest BCUT2D eigenvalue weighted by Gasteiger charge is -2.32. The Labute approximate surface area is 241 Å². The predicted molar refractivity (Wildman–Crippen MR) is 158 cm³/mol. The normalized spacial score (nSPS) is 11.9. The fraction of sp³-hybridized carbons (Fsp3) is 0.333. The highest BCUT2D eigenvalue weighted by molar-refractivity contribution is 7.92. The summed E-state index contributed by atoms with van der Waals surface area (Å²) in [5, 5.41) is 3.36. The van der Waals surface area contributed by atoms with E-state index >= 15 is 0 Å². The molecule has 0 aromatic heterocycles. The molecule has 0 fully saturated rings. The second-order valence-electron chi connectivity index (χ2n) is 9.47. The lowest BCUT2D eigenvalue weighted by Crippen LogP contribution is -2.51. The molecule has 1 N–H and O–H groups in total. The molecule has 40 heavy (non-hydrogen) atoms. The molecule has 214 valence electrons. The van der Waals surface area contributed by atoms with Gasteiger partial charge in [-0.15, -0.1) is 0 Å². The Balaban J connectivity index is 2.04. The zero-order chi connectivity index (χ0) is 29.3. The van der Waals surface area contributed by atoms with Crippen LogP contribution in [0.5, 0.6) is 5.75 Å². The topological polar surface area (TPSA) is 96.0 Å². The number of anilines is 1. The average Bonchev–Trinajstić information content (AvgIpc) is 2.94. The Morgan fingerprint density at radius 2 is 1.73 bits per heavy atom. The van der Waals surface area contributed by atoms with Crippen molar-refractivity contribution in [1.82, 2.24) is 10.2 Å². The molecule has 0 aliphatic rings. The summed E-state index contributed by atoms with van der Waals surface area (Å²) in [5.74, 6) is -0.591. The first kappa shape index (κ1) is 31.0. The quantitative estimate of drug-likeness (QED) is 0.279. The van der Waals surface area contributed by atoms with Crippen molar-refractivity contribution in [3.05, 3.63) is 88.9 Å². The molecule has 0 aliphatic heterocycles. The van der Waals surface area contributed by atoms with Crippen LogP contribution in [-0.4, -0.2) is 51.4 Å². The minimum atomic E-state index is -4.19. The number of nitrogens with one attached hydrogen (secondary N) is 1. The number of aryl methyl sites for hydroxylation is 1. The third-order valence-corrected chi connectivity index (χ3v) is 8.49. The summed E-state index contributed by atoms with van der Waals surface area (Å²) in [7, 11) is -2.75. The Morgan fingerprint density at radius 3 is 2.38 bits per heavy atom. The van der Waals surface area contributed by atoms with Gasteiger partial charge in [0.1, 0.15) is 18.3 Å². The molecule has 2 amide bonds. The van der Waals surface area contributed by atoms with Crippen LogP contribution in [-0.2, 0) is 26.2 Å². The number of sulfonamides is 1. The van der Waals surface area contributed by atoms with Crippen LogP contribution >= 0.6 is 11.6 Å².